The molecular weight excluding hydrogens is 270 g/mol. The zero-order valence-corrected chi connectivity index (χ0v) is 10.4. The molecule has 1 heterocycles. The topological polar surface area (TPSA) is 12.0 Å². The summed E-state index contributed by atoms with van der Waals surface area (Å²) in [6.45, 7) is 0.967. The molecule has 2 rings (SSSR count). The van der Waals surface area contributed by atoms with E-state index in [9.17, 15) is 17.6 Å². The third-order valence-electron chi connectivity index (χ3n) is 3.14. The molecule has 0 aliphatic carbocycles. The Labute approximate surface area is 109 Å². The summed E-state index contributed by atoms with van der Waals surface area (Å²) in [5.41, 5.74) is -0.829. The summed E-state index contributed by atoms with van der Waals surface area (Å²) < 4.78 is 54.4. The number of alkyl halides is 2. The first-order valence-electron chi connectivity index (χ1n) is 5.56. The lowest BCUT2D eigenvalue weighted by Gasteiger charge is -2.30. The van der Waals surface area contributed by atoms with E-state index in [-0.39, 0.29) is 25.2 Å². The fourth-order valence-corrected chi connectivity index (χ4v) is 2.16. The van der Waals surface area contributed by atoms with Crippen LogP contribution in [0.3, 0.4) is 0 Å². The first-order valence-corrected chi connectivity index (χ1v) is 5.56. The summed E-state index contributed by atoms with van der Waals surface area (Å²) in [5, 5.41) is 2.96. The Morgan fingerprint density at radius 1 is 1.11 bits per heavy atom. The minimum Gasteiger partial charge on any atom is -0.317 e. The van der Waals surface area contributed by atoms with Crippen LogP contribution in [0.15, 0.2) is 18.2 Å². The van der Waals surface area contributed by atoms with Gasteiger partial charge in [0, 0.05) is 5.92 Å². The van der Waals surface area contributed by atoms with Gasteiger partial charge in [-0.3, -0.25) is 0 Å². The quantitative estimate of drug-likeness (QED) is 0.820. The van der Waals surface area contributed by atoms with Gasteiger partial charge in [-0.2, -0.15) is 0 Å². The second-order valence-electron chi connectivity index (χ2n) is 4.27. The Morgan fingerprint density at radius 2 is 1.72 bits per heavy atom. The molecule has 1 nitrogen and oxygen atoms in total. The van der Waals surface area contributed by atoms with Crippen LogP contribution in [0.4, 0.5) is 17.6 Å². The van der Waals surface area contributed by atoms with Gasteiger partial charge in [0.15, 0.2) is 0 Å². The average Bonchev–Trinajstić information content (AvgIpc) is 2.33. The second kappa shape index (κ2) is 5.89. The summed E-state index contributed by atoms with van der Waals surface area (Å²) in [5.74, 6) is -6.13. The Bertz CT molecular complexity index is 405. The van der Waals surface area contributed by atoms with Crippen LogP contribution in [0.5, 0.6) is 0 Å². The molecule has 102 valence electrons. The van der Waals surface area contributed by atoms with E-state index < -0.39 is 29.0 Å². The van der Waals surface area contributed by atoms with Crippen molar-refractivity contribution in [2.45, 2.75) is 18.8 Å². The lowest BCUT2D eigenvalue weighted by molar-refractivity contribution is -0.0782. The third kappa shape index (κ3) is 2.95. The maximum Gasteiger partial charge on any atom is 0.279 e. The van der Waals surface area contributed by atoms with E-state index in [4.69, 9.17) is 0 Å². The molecule has 1 N–H and O–H groups in total. The van der Waals surface area contributed by atoms with E-state index in [1.165, 1.54) is 0 Å². The van der Waals surface area contributed by atoms with Crippen molar-refractivity contribution >= 4 is 12.4 Å². The summed E-state index contributed by atoms with van der Waals surface area (Å²) >= 11 is 0. The molecule has 18 heavy (non-hydrogen) atoms. The highest BCUT2D eigenvalue weighted by molar-refractivity contribution is 5.85. The SMILES string of the molecule is Cl.Fc1ccc(F)c(C(F)(F)C2CCNCC2)c1. The third-order valence-corrected chi connectivity index (χ3v) is 3.14. The lowest BCUT2D eigenvalue weighted by atomic mass is 9.87. The molecule has 1 aromatic carbocycles. The fraction of sp³-hybridized carbons (Fsp3) is 0.500. The largest absolute Gasteiger partial charge is 0.317 e. The van der Waals surface area contributed by atoms with Crippen molar-refractivity contribution in [2.24, 2.45) is 5.92 Å². The van der Waals surface area contributed by atoms with Crippen molar-refractivity contribution in [2.75, 3.05) is 13.1 Å². The van der Waals surface area contributed by atoms with Crippen LogP contribution >= 0.6 is 12.4 Å². The van der Waals surface area contributed by atoms with Gasteiger partial charge in [-0.15, -0.1) is 12.4 Å². The molecule has 0 atom stereocenters. The van der Waals surface area contributed by atoms with Crippen molar-refractivity contribution < 1.29 is 17.6 Å². The van der Waals surface area contributed by atoms with Gasteiger partial charge in [-0.25, -0.2) is 17.6 Å². The Morgan fingerprint density at radius 3 is 2.33 bits per heavy atom. The minimum atomic E-state index is -3.31. The molecule has 1 aliphatic heterocycles. The van der Waals surface area contributed by atoms with Gasteiger partial charge in [0.2, 0.25) is 0 Å². The first kappa shape index (κ1) is 15.2. The Balaban J connectivity index is 0.00000162. The monoisotopic (exact) mass is 283 g/mol. The van der Waals surface area contributed by atoms with Crippen molar-refractivity contribution in [1.82, 2.24) is 5.32 Å². The van der Waals surface area contributed by atoms with Gasteiger partial charge in [-0.05, 0) is 44.1 Å². The van der Waals surface area contributed by atoms with Gasteiger partial charge < -0.3 is 5.32 Å². The van der Waals surface area contributed by atoms with Crippen LogP contribution in [0.2, 0.25) is 0 Å². The number of hydrogen-bond donors (Lipinski definition) is 1. The van der Waals surface area contributed by atoms with Gasteiger partial charge >= 0.3 is 0 Å². The highest BCUT2D eigenvalue weighted by atomic mass is 35.5. The summed E-state index contributed by atoms with van der Waals surface area (Å²) in [6.07, 6.45) is 0.534. The maximum atomic E-state index is 14.0. The average molecular weight is 284 g/mol. The zero-order valence-electron chi connectivity index (χ0n) is 9.56. The second-order valence-corrected chi connectivity index (χ2v) is 4.27. The van der Waals surface area contributed by atoms with Crippen LogP contribution in [0.25, 0.3) is 0 Å². The van der Waals surface area contributed by atoms with Gasteiger partial charge in [-0.1, -0.05) is 0 Å². The van der Waals surface area contributed by atoms with Gasteiger partial charge in [0.25, 0.3) is 5.92 Å². The van der Waals surface area contributed by atoms with E-state index in [0.29, 0.717) is 19.2 Å². The molecule has 0 unspecified atom stereocenters. The molecule has 0 spiro atoms. The molecule has 1 aliphatic rings. The highest BCUT2D eigenvalue weighted by Gasteiger charge is 2.43. The van der Waals surface area contributed by atoms with Crippen molar-refractivity contribution in [3.63, 3.8) is 0 Å². The number of nitrogens with one attached hydrogen (secondary N) is 1. The first-order chi connectivity index (χ1) is 8.01. The van der Waals surface area contributed by atoms with Crippen molar-refractivity contribution in [3.8, 4) is 0 Å². The molecule has 6 heteroatoms. The molecule has 1 fully saturated rings. The molecule has 0 bridgehead atoms. The predicted molar refractivity (Wildman–Crippen MR) is 63.1 cm³/mol. The summed E-state index contributed by atoms with van der Waals surface area (Å²) in [4.78, 5) is 0. The number of rotatable bonds is 2. The van der Waals surface area contributed by atoms with E-state index in [1.54, 1.807) is 0 Å². The molecule has 0 amide bonds. The van der Waals surface area contributed by atoms with Gasteiger partial charge in [0.1, 0.15) is 11.6 Å². The van der Waals surface area contributed by atoms with E-state index >= 15 is 0 Å². The normalized spacial score (nSPS) is 17.3. The number of benzene rings is 1. The predicted octanol–water partition coefficient (Wildman–Crippen LogP) is 3.48. The van der Waals surface area contributed by atoms with Crippen LogP contribution in [-0.2, 0) is 5.92 Å². The van der Waals surface area contributed by atoms with Crippen LogP contribution in [-0.4, -0.2) is 13.1 Å². The molecule has 0 saturated carbocycles. The number of piperidine rings is 1. The maximum absolute atomic E-state index is 14.0. The van der Waals surface area contributed by atoms with Crippen LogP contribution < -0.4 is 5.32 Å². The van der Waals surface area contributed by atoms with E-state index in [1.807, 2.05) is 0 Å². The number of hydrogen-bond acceptors (Lipinski definition) is 1. The minimum absolute atomic E-state index is 0. The Kier molecular flexibility index (Phi) is 4.99. The summed E-state index contributed by atoms with van der Waals surface area (Å²) in [7, 11) is 0. The van der Waals surface area contributed by atoms with Crippen molar-refractivity contribution in [1.29, 1.82) is 0 Å². The molecule has 0 radical (unpaired) electrons. The van der Waals surface area contributed by atoms with Crippen molar-refractivity contribution in [3.05, 3.63) is 35.4 Å². The molecule has 1 saturated heterocycles. The standard InChI is InChI=1S/C12H13F4N.ClH/c13-9-1-2-11(14)10(7-9)12(15,16)8-3-5-17-6-4-8;/h1-2,7-8,17H,3-6H2;1H. The highest BCUT2D eigenvalue weighted by Crippen LogP contribution is 2.41. The fourth-order valence-electron chi connectivity index (χ4n) is 2.16. The van der Waals surface area contributed by atoms with E-state index in [2.05, 4.69) is 5.32 Å². The van der Waals surface area contributed by atoms with E-state index in [0.717, 1.165) is 12.1 Å². The molecular formula is C12H14ClF4N. The molecule has 1 aromatic rings. The van der Waals surface area contributed by atoms with Crippen LogP contribution in [0, 0.1) is 17.6 Å². The smallest absolute Gasteiger partial charge is 0.279 e. The van der Waals surface area contributed by atoms with Crippen LogP contribution in [0.1, 0.15) is 18.4 Å². The Hall–Kier alpha value is -0.810. The lowest BCUT2D eigenvalue weighted by Crippen LogP contribution is -2.37. The molecule has 0 aromatic heterocycles. The summed E-state index contributed by atoms with van der Waals surface area (Å²) in [6, 6.07) is 2.19. The zero-order chi connectivity index (χ0) is 12.5. The number of halogens is 5. The van der Waals surface area contributed by atoms with Gasteiger partial charge in [0.05, 0.1) is 5.56 Å².